The van der Waals surface area contributed by atoms with E-state index in [0.717, 1.165) is 62.5 Å². The predicted octanol–water partition coefficient (Wildman–Crippen LogP) is 7.11. The summed E-state index contributed by atoms with van der Waals surface area (Å²) in [7, 11) is 0. The first-order valence-electron chi connectivity index (χ1n) is 12.2. The fourth-order valence-electron chi connectivity index (χ4n) is 4.15. The summed E-state index contributed by atoms with van der Waals surface area (Å²) in [5.41, 5.74) is 5.00. The number of fused-ring (bicyclic) bond motifs is 1. The molecule has 0 radical (unpaired) electrons. The van der Waals surface area contributed by atoms with Crippen LogP contribution in [0.3, 0.4) is 0 Å². The quantitative estimate of drug-likeness (QED) is 0.357. The lowest BCUT2D eigenvalue weighted by atomic mass is 10.00. The number of piperazine rings is 1. The minimum absolute atomic E-state index is 0.971. The van der Waals surface area contributed by atoms with Crippen LogP contribution in [0.1, 0.15) is 56.0 Å². The average molecular weight is 463 g/mol. The highest BCUT2D eigenvalue weighted by Crippen LogP contribution is 2.31. The molecule has 4 nitrogen and oxygen atoms in total. The molecule has 5 heteroatoms. The number of aryl methyl sites for hydroxylation is 2. The predicted molar refractivity (Wildman–Crippen MR) is 145 cm³/mol. The number of nitrogens with zero attached hydrogens (tertiary/aromatic N) is 4. The molecule has 3 aromatic rings. The van der Waals surface area contributed by atoms with E-state index in [2.05, 4.69) is 77.1 Å². The Morgan fingerprint density at radius 2 is 1.70 bits per heavy atom. The molecule has 0 aliphatic carbocycles. The fraction of sp³-hybridized carbons (Fsp3) is 0.429. The maximum atomic E-state index is 4.62. The van der Waals surface area contributed by atoms with Crippen molar-refractivity contribution >= 4 is 32.9 Å². The molecule has 33 heavy (non-hydrogen) atoms. The van der Waals surface area contributed by atoms with Gasteiger partial charge in [0.1, 0.15) is 17.0 Å². The van der Waals surface area contributed by atoms with Crippen molar-refractivity contribution in [3.63, 3.8) is 0 Å². The number of hydrogen-bond donors (Lipinski definition) is 0. The van der Waals surface area contributed by atoms with Crippen LogP contribution in [0.15, 0.2) is 55.5 Å². The van der Waals surface area contributed by atoms with Gasteiger partial charge in [0.25, 0.3) is 0 Å². The van der Waals surface area contributed by atoms with Gasteiger partial charge in [-0.2, -0.15) is 0 Å². The molecule has 0 unspecified atom stereocenters. The van der Waals surface area contributed by atoms with Gasteiger partial charge in [-0.15, -0.1) is 11.3 Å². The smallest absolute Gasteiger partial charge is 0.140 e. The van der Waals surface area contributed by atoms with E-state index >= 15 is 0 Å². The summed E-state index contributed by atoms with van der Waals surface area (Å²) in [6, 6.07) is 10.9. The van der Waals surface area contributed by atoms with Gasteiger partial charge in [-0.1, -0.05) is 63.8 Å². The van der Waals surface area contributed by atoms with Gasteiger partial charge in [0.15, 0.2) is 0 Å². The van der Waals surface area contributed by atoms with E-state index in [0.29, 0.717) is 0 Å². The van der Waals surface area contributed by atoms with Gasteiger partial charge in [-0.05, 0) is 49.8 Å². The van der Waals surface area contributed by atoms with Crippen molar-refractivity contribution in [1.29, 1.82) is 0 Å². The highest BCUT2D eigenvalue weighted by molar-refractivity contribution is 7.18. The number of benzene rings is 1. The third-order valence-electron chi connectivity index (χ3n) is 6.14. The summed E-state index contributed by atoms with van der Waals surface area (Å²) in [5.74, 6) is 1.08. The van der Waals surface area contributed by atoms with Crippen molar-refractivity contribution in [2.75, 3.05) is 31.1 Å². The lowest BCUT2D eigenvalue weighted by molar-refractivity contribution is 0.310. The molecule has 1 aliphatic heterocycles. The van der Waals surface area contributed by atoms with Gasteiger partial charge in [0.2, 0.25) is 0 Å². The van der Waals surface area contributed by atoms with Crippen LogP contribution in [-0.2, 0) is 6.42 Å². The number of anilines is 1. The molecular formula is C28H38N4S. The summed E-state index contributed by atoms with van der Waals surface area (Å²) in [6.07, 6.45) is 5.88. The molecule has 0 saturated carbocycles. The fourth-order valence-corrected chi connectivity index (χ4v) is 5.08. The first kappa shape index (κ1) is 25.0. The van der Waals surface area contributed by atoms with Gasteiger partial charge >= 0.3 is 0 Å². The molecule has 0 N–H and O–H groups in total. The molecule has 1 fully saturated rings. The zero-order chi connectivity index (χ0) is 23.8. The summed E-state index contributed by atoms with van der Waals surface area (Å²) >= 11 is 1.78. The zero-order valence-electron chi connectivity index (χ0n) is 20.7. The summed E-state index contributed by atoms with van der Waals surface area (Å²) in [4.78, 5) is 16.4. The van der Waals surface area contributed by atoms with E-state index in [-0.39, 0.29) is 0 Å². The minimum atomic E-state index is 0.971. The number of rotatable bonds is 8. The summed E-state index contributed by atoms with van der Waals surface area (Å²) in [5, 5.41) is 1.20. The topological polar surface area (TPSA) is 32.3 Å². The molecule has 0 spiro atoms. The maximum absolute atomic E-state index is 4.62. The summed E-state index contributed by atoms with van der Waals surface area (Å²) in [6.45, 7) is 20.9. The van der Waals surface area contributed by atoms with Crippen molar-refractivity contribution in [3.8, 4) is 0 Å². The van der Waals surface area contributed by atoms with Gasteiger partial charge in [0, 0.05) is 36.8 Å². The van der Waals surface area contributed by atoms with E-state index in [1.807, 2.05) is 13.8 Å². The Labute approximate surface area is 203 Å². The second kappa shape index (κ2) is 12.0. The standard InChI is InChI=1S/C26H32N4S.C2H6/c1-5-23-17-24-25(27-18-28-26(24)31-23)30-15-13-29(14-16-30)21(4)8-6-7-20(3)22-11-9-19(2)10-12-22;1-2/h9-12,17-18H,3-8,13-16H2,1-2H3;1-2H3. The second-order valence-electron chi connectivity index (χ2n) is 8.35. The molecule has 1 aliphatic rings. The van der Waals surface area contributed by atoms with E-state index in [4.69, 9.17) is 0 Å². The lowest BCUT2D eigenvalue weighted by Gasteiger charge is -2.37. The Bertz CT molecular complexity index is 1060. The first-order chi connectivity index (χ1) is 16.0. The number of allylic oxidation sites excluding steroid dienone is 2. The highest BCUT2D eigenvalue weighted by atomic mass is 32.1. The van der Waals surface area contributed by atoms with Gasteiger partial charge in [0.05, 0.1) is 5.39 Å². The van der Waals surface area contributed by atoms with E-state index in [1.54, 1.807) is 17.7 Å². The molecular weight excluding hydrogens is 424 g/mol. The molecule has 1 saturated heterocycles. The molecule has 2 aromatic heterocycles. The van der Waals surface area contributed by atoms with Crippen LogP contribution >= 0.6 is 11.3 Å². The van der Waals surface area contributed by atoms with Crippen LogP contribution < -0.4 is 4.90 Å². The normalized spacial score (nSPS) is 13.6. The Hall–Kier alpha value is -2.66. The highest BCUT2D eigenvalue weighted by Gasteiger charge is 2.21. The van der Waals surface area contributed by atoms with Gasteiger partial charge < -0.3 is 9.80 Å². The third-order valence-corrected chi connectivity index (χ3v) is 7.33. The van der Waals surface area contributed by atoms with Crippen molar-refractivity contribution in [2.24, 2.45) is 0 Å². The van der Waals surface area contributed by atoms with Crippen molar-refractivity contribution in [3.05, 3.63) is 71.5 Å². The molecule has 4 rings (SSSR count). The Kier molecular flexibility index (Phi) is 9.07. The molecule has 176 valence electrons. The third kappa shape index (κ3) is 6.23. The van der Waals surface area contributed by atoms with Crippen LogP contribution in [0.5, 0.6) is 0 Å². The van der Waals surface area contributed by atoms with E-state index in [9.17, 15) is 0 Å². The van der Waals surface area contributed by atoms with E-state index in [1.165, 1.54) is 32.7 Å². The number of hydrogen-bond acceptors (Lipinski definition) is 5. The van der Waals surface area contributed by atoms with Gasteiger partial charge in [-0.25, -0.2) is 9.97 Å². The van der Waals surface area contributed by atoms with Crippen molar-refractivity contribution in [1.82, 2.24) is 14.9 Å². The summed E-state index contributed by atoms with van der Waals surface area (Å²) < 4.78 is 0. The van der Waals surface area contributed by atoms with Crippen LogP contribution in [0.2, 0.25) is 0 Å². The number of thiophene rings is 1. The van der Waals surface area contributed by atoms with Gasteiger partial charge in [-0.3, -0.25) is 0 Å². The van der Waals surface area contributed by atoms with Crippen LogP contribution in [-0.4, -0.2) is 41.0 Å². The monoisotopic (exact) mass is 462 g/mol. The average Bonchev–Trinajstić information content (AvgIpc) is 3.29. The van der Waals surface area contributed by atoms with Crippen LogP contribution in [0.4, 0.5) is 5.82 Å². The largest absolute Gasteiger partial charge is 0.372 e. The minimum Gasteiger partial charge on any atom is -0.372 e. The Balaban J connectivity index is 0.00000149. The molecule has 0 amide bonds. The molecule has 3 heterocycles. The van der Waals surface area contributed by atoms with Crippen molar-refractivity contribution < 1.29 is 0 Å². The van der Waals surface area contributed by atoms with Crippen molar-refractivity contribution in [2.45, 2.75) is 53.4 Å². The maximum Gasteiger partial charge on any atom is 0.140 e. The number of aromatic nitrogens is 2. The molecule has 1 aromatic carbocycles. The lowest BCUT2D eigenvalue weighted by Crippen LogP contribution is -2.46. The first-order valence-corrected chi connectivity index (χ1v) is 13.0. The van der Waals surface area contributed by atoms with Crippen LogP contribution in [0.25, 0.3) is 15.8 Å². The SMILES string of the molecule is C=C(CCCC(=C)N1CCN(c2ncnc3sc(CC)cc23)CC1)c1ccc(C)cc1.CC. The Morgan fingerprint density at radius 1 is 1.00 bits per heavy atom. The molecule has 0 bridgehead atoms. The second-order valence-corrected chi connectivity index (χ2v) is 9.46. The molecule has 0 atom stereocenters. The van der Waals surface area contributed by atoms with Crippen LogP contribution in [0, 0.1) is 6.92 Å². The van der Waals surface area contributed by atoms with E-state index < -0.39 is 0 Å². The zero-order valence-corrected chi connectivity index (χ0v) is 21.5. The Morgan fingerprint density at radius 3 is 2.36 bits per heavy atom.